The van der Waals surface area contributed by atoms with Crippen molar-refractivity contribution in [3.05, 3.63) is 0 Å². The highest BCUT2D eigenvalue weighted by atomic mass is 15.0. The Balaban J connectivity index is 2.53. The lowest BCUT2D eigenvalue weighted by Crippen LogP contribution is -2.37. The summed E-state index contributed by atoms with van der Waals surface area (Å²) in [5.74, 6) is 0.804. The van der Waals surface area contributed by atoms with Gasteiger partial charge in [0.25, 0.3) is 0 Å². The summed E-state index contributed by atoms with van der Waals surface area (Å²) < 4.78 is 0. The first-order valence-electron chi connectivity index (χ1n) is 7.79. The van der Waals surface area contributed by atoms with Crippen LogP contribution in [0, 0.1) is 16.7 Å². The van der Waals surface area contributed by atoms with Gasteiger partial charge in [0.15, 0.2) is 7.98 Å². The largest absolute Gasteiger partial charge is 0.353 e. The predicted molar refractivity (Wildman–Crippen MR) is 81.8 cm³/mol. The van der Waals surface area contributed by atoms with Crippen LogP contribution in [0.4, 0.5) is 0 Å². The molecule has 1 fully saturated rings. The quantitative estimate of drug-likeness (QED) is 0.630. The van der Waals surface area contributed by atoms with Crippen LogP contribution in [-0.2, 0) is 0 Å². The maximum absolute atomic E-state index is 5.98. The molecular weight excluding hydrogens is 217 g/mol. The van der Waals surface area contributed by atoms with Crippen LogP contribution in [0.15, 0.2) is 0 Å². The van der Waals surface area contributed by atoms with Crippen molar-refractivity contribution in [2.24, 2.45) is 16.7 Å². The Morgan fingerprint density at radius 3 is 2.28 bits per heavy atom. The molecule has 0 saturated heterocycles. The number of rotatable bonds is 6. The zero-order chi connectivity index (χ0) is 13.8. The normalized spacial score (nSPS) is 22.1. The van der Waals surface area contributed by atoms with Crippen molar-refractivity contribution < 1.29 is 0 Å². The Morgan fingerprint density at radius 2 is 1.78 bits per heavy atom. The molecule has 1 rings (SSSR count). The molecule has 0 N–H and O–H groups in total. The Morgan fingerprint density at radius 1 is 1.22 bits per heavy atom. The minimum absolute atomic E-state index is 0.324. The Bertz CT molecular complexity index is 243. The summed E-state index contributed by atoms with van der Waals surface area (Å²) >= 11 is 0. The lowest BCUT2D eigenvalue weighted by molar-refractivity contribution is 0.0837. The van der Waals surface area contributed by atoms with Gasteiger partial charge in [-0.25, -0.2) is 0 Å². The van der Waals surface area contributed by atoms with Crippen LogP contribution in [0.5, 0.6) is 0 Å². The standard InChI is InChI=1S/C16H32BN/c1-6-18(17)13-15(3,4)12-14(2)16(5)10-8-7-9-11-16/h14H,6-13H2,1-5H3. The van der Waals surface area contributed by atoms with Gasteiger partial charge in [-0.15, -0.1) is 0 Å². The van der Waals surface area contributed by atoms with E-state index in [2.05, 4.69) is 34.6 Å². The fraction of sp³-hybridized carbons (Fsp3) is 1.00. The van der Waals surface area contributed by atoms with Crippen molar-refractivity contribution in [1.82, 2.24) is 4.81 Å². The minimum Gasteiger partial charge on any atom is -0.353 e. The van der Waals surface area contributed by atoms with Crippen LogP contribution in [0.1, 0.15) is 73.1 Å². The van der Waals surface area contributed by atoms with Crippen LogP contribution in [0.25, 0.3) is 0 Å². The Hall–Kier alpha value is 0.0249. The van der Waals surface area contributed by atoms with Crippen LogP contribution in [-0.4, -0.2) is 25.9 Å². The van der Waals surface area contributed by atoms with Gasteiger partial charge in [0.05, 0.1) is 0 Å². The molecule has 0 aromatic carbocycles. The second-order valence-electron chi connectivity index (χ2n) is 7.55. The van der Waals surface area contributed by atoms with Crippen molar-refractivity contribution in [1.29, 1.82) is 0 Å². The third-order valence-corrected chi connectivity index (χ3v) is 5.08. The first kappa shape index (κ1) is 16.1. The third kappa shape index (κ3) is 4.61. The fourth-order valence-corrected chi connectivity index (χ4v) is 3.65. The van der Waals surface area contributed by atoms with E-state index in [4.69, 9.17) is 7.98 Å². The lowest BCUT2D eigenvalue weighted by atomic mass is 9.64. The highest BCUT2D eigenvalue weighted by Gasteiger charge is 2.35. The second kappa shape index (κ2) is 6.46. The highest BCUT2D eigenvalue weighted by Crippen LogP contribution is 2.46. The molecule has 2 radical (unpaired) electrons. The molecule has 1 aliphatic carbocycles. The summed E-state index contributed by atoms with van der Waals surface area (Å²) in [4.78, 5) is 1.95. The summed E-state index contributed by atoms with van der Waals surface area (Å²) in [5, 5.41) is 0. The minimum atomic E-state index is 0.324. The van der Waals surface area contributed by atoms with E-state index in [0.717, 1.165) is 19.0 Å². The van der Waals surface area contributed by atoms with E-state index in [1.54, 1.807) is 0 Å². The van der Waals surface area contributed by atoms with Gasteiger partial charge in [0.1, 0.15) is 0 Å². The zero-order valence-corrected chi connectivity index (χ0v) is 13.3. The SMILES string of the molecule is [B]N(CC)CC(C)(C)CC(C)C1(C)CCCCC1. The highest BCUT2D eigenvalue weighted by molar-refractivity contribution is 6.04. The summed E-state index contributed by atoms with van der Waals surface area (Å²) in [6, 6.07) is 0. The molecule has 0 spiro atoms. The van der Waals surface area contributed by atoms with Crippen molar-refractivity contribution in [2.45, 2.75) is 73.1 Å². The molecule has 2 heteroatoms. The number of nitrogens with zero attached hydrogens (tertiary/aromatic N) is 1. The summed E-state index contributed by atoms with van der Waals surface area (Å²) in [5.41, 5.74) is 0.895. The van der Waals surface area contributed by atoms with Crippen LogP contribution in [0.3, 0.4) is 0 Å². The Kier molecular flexibility index (Phi) is 5.77. The third-order valence-electron chi connectivity index (χ3n) is 5.08. The number of hydrogen-bond donors (Lipinski definition) is 0. The van der Waals surface area contributed by atoms with Gasteiger partial charge in [-0.1, -0.05) is 53.9 Å². The van der Waals surface area contributed by atoms with E-state index in [1.807, 2.05) is 4.81 Å². The molecular formula is C16H32BN. The maximum Gasteiger partial charge on any atom is 0.182 e. The summed E-state index contributed by atoms with van der Waals surface area (Å²) in [6.07, 6.45) is 8.43. The van der Waals surface area contributed by atoms with E-state index < -0.39 is 0 Å². The second-order valence-corrected chi connectivity index (χ2v) is 7.55. The van der Waals surface area contributed by atoms with Crippen molar-refractivity contribution >= 4 is 7.98 Å². The van der Waals surface area contributed by atoms with Gasteiger partial charge in [0, 0.05) is 0 Å². The van der Waals surface area contributed by atoms with Gasteiger partial charge >= 0.3 is 0 Å². The van der Waals surface area contributed by atoms with Crippen LogP contribution in [0.2, 0.25) is 0 Å². The molecule has 0 heterocycles. The van der Waals surface area contributed by atoms with Crippen LogP contribution < -0.4 is 0 Å². The molecule has 1 aliphatic rings. The average molecular weight is 249 g/mol. The number of hydrogen-bond acceptors (Lipinski definition) is 1. The van der Waals surface area contributed by atoms with E-state index in [-0.39, 0.29) is 0 Å². The maximum atomic E-state index is 5.98. The van der Waals surface area contributed by atoms with E-state index in [0.29, 0.717) is 10.8 Å². The van der Waals surface area contributed by atoms with Crippen LogP contribution >= 0.6 is 0 Å². The van der Waals surface area contributed by atoms with Gasteiger partial charge in [0.2, 0.25) is 0 Å². The van der Waals surface area contributed by atoms with Crippen molar-refractivity contribution in [3.8, 4) is 0 Å². The molecule has 0 amide bonds. The molecule has 1 saturated carbocycles. The topological polar surface area (TPSA) is 3.24 Å². The molecule has 0 bridgehead atoms. The zero-order valence-electron chi connectivity index (χ0n) is 13.3. The molecule has 1 nitrogen and oxygen atoms in total. The van der Waals surface area contributed by atoms with Gasteiger partial charge < -0.3 is 4.81 Å². The molecule has 1 atom stereocenters. The van der Waals surface area contributed by atoms with E-state index >= 15 is 0 Å². The summed E-state index contributed by atoms with van der Waals surface area (Å²) in [7, 11) is 5.98. The van der Waals surface area contributed by atoms with Crippen molar-refractivity contribution in [2.75, 3.05) is 13.1 Å². The molecule has 0 aromatic heterocycles. The van der Waals surface area contributed by atoms with Crippen molar-refractivity contribution in [3.63, 3.8) is 0 Å². The molecule has 0 aliphatic heterocycles. The molecule has 1 unspecified atom stereocenters. The summed E-state index contributed by atoms with van der Waals surface area (Å²) in [6.45, 7) is 13.8. The average Bonchev–Trinajstić information content (AvgIpc) is 2.28. The molecule has 104 valence electrons. The van der Waals surface area contributed by atoms with Gasteiger partial charge in [-0.05, 0) is 49.1 Å². The van der Waals surface area contributed by atoms with E-state index in [9.17, 15) is 0 Å². The smallest absolute Gasteiger partial charge is 0.182 e. The molecule has 0 aromatic rings. The van der Waals surface area contributed by atoms with E-state index in [1.165, 1.54) is 38.5 Å². The Labute approximate surface area is 116 Å². The monoisotopic (exact) mass is 249 g/mol. The van der Waals surface area contributed by atoms with Gasteiger partial charge in [-0.2, -0.15) is 0 Å². The first-order valence-corrected chi connectivity index (χ1v) is 7.79. The molecule has 18 heavy (non-hydrogen) atoms. The van der Waals surface area contributed by atoms with Gasteiger partial charge in [-0.3, -0.25) is 0 Å². The predicted octanol–water partition coefficient (Wildman–Crippen LogP) is 4.41. The first-order chi connectivity index (χ1) is 8.29. The lowest BCUT2D eigenvalue weighted by Gasteiger charge is -2.43. The fourth-order valence-electron chi connectivity index (χ4n) is 3.65.